The Balaban J connectivity index is 1.40. The van der Waals surface area contributed by atoms with Gasteiger partial charge in [0.25, 0.3) is 5.91 Å². The van der Waals surface area contributed by atoms with Gasteiger partial charge in [0, 0.05) is 62.8 Å². The Hall–Kier alpha value is -1.70. The van der Waals surface area contributed by atoms with Crippen LogP contribution in [0.25, 0.3) is 0 Å². The van der Waals surface area contributed by atoms with Gasteiger partial charge in [-0.05, 0) is 42.9 Å². The normalized spacial score (nSPS) is 18.2. The smallest absolute Gasteiger partial charge is 0.274 e. The zero-order valence-electron chi connectivity index (χ0n) is 15.6. The molecule has 1 N–H and O–H groups in total. The molecule has 0 saturated carbocycles. The molecule has 0 atom stereocenters. The minimum absolute atomic E-state index is 0.0200. The van der Waals surface area contributed by atoms with Gasteiger partial charge in [-0.3, -0.25) is 19.7 Å². The molecule has 26 heavy (non-hydrogen) atoms. The fraction of sp³-hybridized carbons (Fsp3) is 0.579. The maximum Gasteiger partial charge on any atom is 0.274 e. The lowest BCUT2D eigenvalue weighted by molar-refractivity contribution is 0.0819. The van der Waals surface area contributed by atoms with Crippen LogP contribution in [0.1, 0.15) is 45.0 Å². The average Bonchev–Trinajstić information content (AvgIpc) is 3.36. The minimum Gasteiger partial charge on any atom is -0.343 e. The summed E-state index contributed by atoms with van der Waals surface area (Å²) in [6.45, 7) is 6.31. The molecule has 0 bridgehead atoms. The third kappa shape index (κ3) is 3.70. The van der Waals surface area contributed by atoms with Crippen molar-refractivity contribution in [2.75, 3.05) is 33.7 Å². The molecule has 0 aliphatic carbocycles. The number of thiophene rings is 1. The first kappa shape index (κ1) is 17.7. The molecule has 4 heterocycles. The van der Waals surface area contributed by atoms with E-state index in [1.54, 1.807) is 19.0 Å². The van der Waals surface area contributed by atoms with Crippen molar-refractivity contribution in [1.82, 2.24) is 24.9 Å². The van der Waals surface area contributed by atoms with Crippen molar-refractivity contribution >= 4 is 17.2 Å². The van der Waals surface area contributed by atoms with Crippen molar-refractivity contribution in [2.45, 2.75) is 38.9 Å². The highest BCUT2D eigenvalue weighted by Gasteiger charge is 2.26. The maximum absolute atomic E-state index is 12.3. The van der Waals surface area contributed by atoms with Crippen molar-refractivity contribution < 1.29 is 4.79 Å². The molecule has 7 heteroatoms. The van der Waals surface area contributed by atoms with Gasteiger partial charge in [0.1, 0.15) is 0 Å². The van der Waals surface area contributed by atoms with Crippen LogP contribution in [-0.4, -0.2) is 64.5 Å². The molecule has 0 radical (unpaired) electrons. The molecule has 1 amide bonds. The number of aromatic nitrogens is 2. The lowest BCUT2D eigenvalue weighted by atomic mass is 10.0. The summed E-state index contributed by atoms with van der Waals surface area (Å²) in [6.07, 6.45) is 3.60. The number of nitrogens with one attached hydrogen (secondary N) is 1. The number of hydrogen-bond acceptors (Lipinski definition) is 5. The van der Waals surface area contributed by atoms with Crippen LogP contribution in [0.5, 0.6) is 0 Å². The van der Waals surface area contributed by atoms with E-state index in [0.717, 1.165) is 43.9 Å². The molecule has 2 aliphatic rings. The monoisotopic (exact) mass is 373 g/mol. The fourth-order valence-electron chi connectivity index (χ4n) is 3.89. The molecular formula is C19H27N5OS. The molecule has 0 spiro atoms. The van der Waals surface area contributed by atoms with Gasteiger partial charge in [-0.15, -0.1) is 11.3 Å². The molecule has 140 valence electrons. The Morgan fingerprint density at radius 2 is 2.04 bits per heavy atom. The Labute approximate surface area is 158 Å². The van der Waals surface area contributed by atoms with Crippen molar-refractivity contribution in [3.8, 4) is 0 Å². The third-order valence-electron chi connectivity index (χ3n) is 5.31. The van der Waals surface area contributed by atoms with Gasteiger partial charge in [-0.1, -0.05) is 0 Å². The molecule has 0 unspecified atom stereocenters. The van der Waals surface area contributed by atoms with Crippen molar-refractivity contribution in [2.24, 2.45) is 0 Å². The highest BCUT2D eigenvalue weighted by atomic mass is 32.1. The number of carbonyl (C=O) groups excluding carboxylic acids is 1. The Bertz CT molecular complexity index is 775. The van der Waals surface area contributed by atoms with E-state index in [9.17, 15) is 4.79 Å². The van der Waals surface area contributed by atoms with Gasteiger partial charge in [-0.25, -0.2) is 0 Å². The summed E-state index contributed by atoms with van der Waals surface area (Å²) >= 11 is 1.86. The summed E-state index contributed by atoms with van der Waals surface area (Å²) in [5.41, 5.74) is 4.21. The highest BCUT2D eigenvalue weighted by Crippen LogP contribution is 2.25. The zero-order chi connectivity index (χ0) is 18.1. The number of rotatable bonds is 5. The number of likely N-dealkylation sites (tertiary alicyclic amines) is 1. The van der Waals surface area contributed by atoms with Gasteiger partial charge in [0.2, 0.25) is 0 Å². The molecule has 1 fully saturated rings. The van der Waals surface area contributed by atoms with Crippen LogP contribution in [-0.2, 0) is 26.1 Å². The van der Waals surface area contributed by atoms with Gasteiger partial charge in [0.15, 0.2) is 5.69 Å². The fourth-order valence-corrected chi connectivity index (χ4v) is 4.81. The SMILES string of the molecule is CN(C)C(=O)c1n[nH]c2c1CN(Cc1cc(CN3CCCC3)cs1)CC2. The lowest BCUT2D eigenvalue weighted by Crippen LogP contribution is -2.31. The van der Waals surface area contributed by atoms with Crippen molar-refractivity contribution in [3.05, 3.63) is 38.8 Å². The second kappa shape index (κ2) is 7.50. The van der Waals surface area contributed by atoms with Crippen molar-refractivity contribution in [3.63, 3.8) is 0 Å². The summed E-state index contributed by atoms with van der Waals surface area (Å²) in [5, 5.41) is 9.65. The van der Waals surface area contributed by atoms with Crippen LogP contribution < -0.4 is 0 Å². The predicted molar refractivity (Wildman–Crippen MR) is 103 cm³/mol. The van der Waals surface area contributed by atoms with Crippen LogP contribution in [0.2, 0.25) is 0 Å². The first-order chi connectivity index (χ1) is 12.6. The number of H-pyrrole nitrogens is 1. The van der Waals surface area contributed by atoms with Crippen LogP contribution in [0, 0.1) is 0 Å². The number of aromatic amines is 1. The average molecular weight is 374 g/mol. The van der Waals surface area contributed by atoms with Crippen LogP contribution >= 0.6 is 11.3 Å². The second-order valence-electron chi connectivity index (χ2n) is 7.59. The second-order valence-corrected chi connectivity index (χ2v) is 8.59. The summed E-state index contributed by atoms with van der Waals surface area (Å²) < 4.78 is 0. The van der Waals surface area contributed by atoms with E-state index in [4.69, 9.17) is 0 Å². The number of nitrogens with zero attached hydrogens (tertiary/aromatic N) is 4. The molecule has 4 rings (SSSR count). The summed E-state index contributed by atoms with van der Waals surface area (Å²) in [6, 6.07) is 2.36. The van der Waals surface area contributed by atoms with E-state index < -0.39 is 0 Å². The standard InChI is InChI=1S/C19H27N5OS/c1-22(2)19(25)18-16-12-24(8-5-17(16)20-21-18)11-15-9-14(13-26-15)10-23-6-3-4-7-23/h9,13H,3-8,10-12H2,1-2H3,(H,20,21). The first-order valence-electron chi connectivity index (χ1n) is 9.39. The van der Waals surface area contributed by atoms with E-state index in [0.29, 0.717) is 5.69 Å². The van der Waals surface area contributed by atoms with E-state index in [1.807, 2.05) is 11.3 Å². The maximum atomic E-state index is 12.3. The number of hydrogen-bond donors (Lipinski definition) is 1. The van der Waals surface area contributed by atoms with Crippen molar-refractivity contribution in [1.29, 1.82) is 0 Å². The Kier molecular flexibility index (Phi) is 5.11. The predicted octanol–water partition coefficient (Wildman–Crippen LogP) is 2.33. The molecular weight excluding hydrogens is 346 g/mol. The number of carbonyl (C=O) groups is 1. The van der Waals surface area contributed by atoms with Gasteiger partial charge in [0.05, 0.1) is 0 Å². The third-order valence-corrected chi connectivity index (χ3v) is 6.28. The first-order valence-corrected chi connectivity index (χ1v) is 10.3. The van der Waals surface area contributed by atoms with Gasteiger partial charge in [-0.2, -0.15) is 5.10 Å². The number of fused-ring (bicyclic) bond motifs is 1. The quantitative estimate of drug-likeness (QED) is 0.874. The van der Waals surface area contributed by atoms with Crippen LogP contribution in [0.15, 0.2) is 11.4 Å². The molecule has 0 aromatic carbocycles. The molecule has 6 nitrogen and oxygen atoms in total. The van der Waals surface area contributed by atoms with Gasteiger partial charge >= 0.3 is 0 Å². The van der Waals surface area contributed by atoms with E-state index >= 15 is 0 Å². The van der Waals surface area contributed by atoms with E-state index in [1.165, 1.54) is 36.4 Å². The Morgan fingerprint density at radius 1 is 1.23 bits per heavy atom. The molecule has 1 saturated heterocycles. The molecule has 2 aromatic heterocycles. The summed E-state index contributed by atoms with van der Waals surface area (Å²) in [7, 11) is 3.55. The topological polar surface area (TPSA) is 55.5 Å². The largest absolute Gasteiger partial charge is 0.343 e. The summed E-state index contributed by atoms with van der Waals surface area (Å²) in [5.74, 6) is -0.0200. The molecule has 2 aliphatic heterocycles. The van der Waals surface area contributed by atoms with Crippen LogP contribution in [0.3, 0.4) is 0 Å². The molecule has 2 aromatic rings. The zero-order valence-corrected chi connectivity index (χ0v) is 16.4. The van der Waals surface area contributed by atoms with Gasteiger partial charge < -0.3 is 4.90 Å². The van der Waals surface area contributed by atoms with E-state index in [-0.39, 0.29) is 5.91 Å². The van der Waals surface area contributed by atoms with E-state index in [2.05, 4.69) is 31.4 Å². The summed E-state index contributed by atoms with van der Waals surface area (Å²) in [4.78, 5) is 20.3. The Morgan fingerprint density at radius 3 is 2.81 bits per heavy atom. The number of amides is 1. The van der Waals surface area contributed by atoms with Crippen LogP contribution in [0.4, 0.5) is 0 Å². The lowest BCUT2D eigenvalue weighted by Gasteiger charge is -2.26. The minimum atomic E-state index is -0.0200. The highest BCUT2D eigenvalue weighted by molar-refractivity contribution is 7.10.